The molecule has 0 heterocycles. The Balaban J connectivity index is 4.08. The van der Waals surface area contributed by atoms with E-state index in [1.54, 1.807) is 0 Å². The molecule has 4 amide bonds. The number of nitrogens with one attached hydrogen (secondary N) is 3. The zero-order chi connectivity index (χ0) is 35.0. The van der Waals surface area contributed by atoms with Crippen molar-refractivity contribution in [2.45, 2.75) is 180 Å². The maximum atomic E-state index is 12.9. The first-order valence-electron chi connectivity index (χ1n) is 18.8. The number of hydrogen-bond donors (Lipinski definition) is 6. The number of amides is 4. The van der Waals surface area contributed by atoms with E-state index in [0.717, 1.165) is 64.2 Å². The molecule has 0 aliphatic rings. The zero-order valence-electron chi connectivity index (χ0n) is 29.7. The molecule has 9 N–H and O–H groups in total. The van der Waals surface area contributed by atoms with Crippen molar-refractivity contribution in [1.82, 2.24) is 16.0 Å². The Kier molecular flexibility index (Phi) is 30.3. The minimum Gasteiger partial charge on any atom is -0.368 e. The van der Waals surface area contributed by atoms with Crippen molar-refractivity contribution in [2.24, 2.45) is 17.2 Å². The number of ketones is 1. The summed E-state index contributed by atoms with van der Waals surface area (Å²) >= 11 is 0. The van der Waals surface area contributed by atoms with Gasteiger partial charge in [-0.25, -0.2) is 0 Å². The van der Waals surface area contributed by atoms with Crippen LogP contribution in [0.5, 0.6) is 0 Å². The maximum Gasteiger partial charge on any atom is 0.239 e. The topological polar surface area (TPSA) is 200 Å². The van der Waals surface area contributed by atoms with E-state index in [0.29, 0.717) is 77.4 Å². The van der Waals surface area contributed by atoms with E-state index in [4.69, 9.17) is 17.2 Å². The zero-order valence-corrected chi connectivity index (χ0v) is 29.7. The van der Waals surface area contributed by atoms with Crippen molar-refractivity contribution < 1.29 is 24.0 Å². The summed E-state index contributed by atoms with van der Waals surface area (Å²) in [6, 6.07) is -1.11. The lowest BCUT2D eigenvalue weighted by molar-refractivity contribution is -0.128. The maximum absolute atomic E-state index is 12.9. The summed E-state index contributed by atoms with van der Waals surface area (Å²) in [5, 5.41) is 8.61. The van der Waals surface area contributed by atoms with Gasteiger partial charge in [-0.2, -0.15) is 0 Å². The molecule has 0 saturated heterocycles. The van der Waals surface area contributed by atoms with Crippen molar-refractivity contribution >= 4 is 29.4 Å². The molecule has 0 saturated carbocycles. The highest BCUT2D eigenvalue weighted by Crippen LogP contribution is 2.13. The van der Waals surface area contributed by atoms with Crippen LogP contribution in [0, 0.1) is 0 Å². The first kappa shape index (κ1) is 44.5. The van der Waals surface area contributed by atoms with Gasteiger partial charge in [0.2, 0.25) is 23.6 Å². The van der Waals surface area contributed by atoms with E-state index in [2.05, 4.69) is 22.9 Å². The Labute approximate surface area is 285 Å². The van der Waals surface area contributed by atoms with Crippen LogP contribution in [0.15, 0.2) is 0 Å². The molecule has 11 heteroatoms. The third-order valence-electron chi connectivity index (χ3n) is 8.53. The summed E-state index contributed by atoms with van der Waals surface area (Å²) in [4.78, 5) is 61.3. The fourth-order valence-corrected chi connectivity index (χ4v) is 5.55. The summed E-state index contributed by atoms with van der Waals surface area (Å²) in [6.45, 7) is 3.88. The molecule has 0 spiro atoms. The molecule has 0 fully saturated rings. The van der Waals surface area contributed by atoms with Crippen LogP contribution in [0.2, 0.25) is 0 Å². The highest BCUT2D eigenvalue weighted by Gasteiger charge is 2.20. The van der Waals surface area contributed by atoms with E-state index < -0.39 is 18.0 Å². The van der Waals surface area contributed by atoms with Gasteiger partial charge >= 0.3 is 0 Å². The minimum absolute atomic E-state index is 0.0146. The van der Waals surface area contributed by atoms with Gasteiger partial charge in [0.15, 0.2) is 5.78 Å². The highest BCUT2D eigenvalue weighted by atomic mass is 16.2. The average Bonchev–Trinajstić information content (AvgIpc) is 3.04. The largest absolute Gasteiger partial charge is 0.368 e. The first-order valence-corrected chi connectivity index (χ1v) is 18.8. The lowest BCUT2D eigenvalue weighted by atomic mass is 9.99. The van der Waals surface area contributed by atoms with Crippen molar-refractivity contribution in [3.63, 3.8) is 0 Å². The molecule has 11 nitrogen and oxygen atoms in total. The average molecular weight is 667 g/mol. The lowest BCUT2D eigenvalue weighted by Gasteiger charge is -2.18. The first-order chi connectivity index (χ1) is 22.7. The van der Waals surface area contributed by atoms with Gasteiger partial charge in [-0.05, 0) is 83.7 Å². The van der Waals surface area contributed by atoms with Crippen molar-refractivity contribution in [1.29, 1.82) is 0 Å². The Bertz CT molecular complexity index is 841. The highest BCUT2D eigenvalue weighted by molar-refractivity contribution is 5.89. The fourth-order valence-electron chi connectivity index (χ4n) is 5.55. The number of nitrogens with two attached hydrogens (primary N) is 3. The van der Waals surface area contributed by atoms with Gasteiger partial charge in [0.05, 0.1) is 6.04 Å². The van der Waals surface area contributed by atoms with Gasteiger partial charge < -0.3 is 33.2 Å². The van der Waals surface area contributed by atoms with Crippen molar-refractivity contribution in [2.75, 3.05) is 19.6 Å². The molecule has 2 unspecified atom stereocenters. The number of primary amides is 1. The van der Waals surface area contributed by atoms with E-state index in [9.17, 15) is 24.0 Å². The molecule has 0 aromatic rings. The van der Waals surface area contributed by atoms with Crippen molar-refractivity contribution in [3.8, 4) is 0 Å². The summed E-state index contributed by atoms with van der Waals surface area (Å²) in [7, 11) is 0. The molecule has 274 valence electrons. The van der Waals surface area contributed by atoms with Crippen LogP contribution in [0.25, 0.3) is 0 Å². The van der Waals surface area contributed by atoms with E-state index in [-0.39, 0.29) is 23.5 Å². The van der Waals surface area contributed by atoms with Crippen LogP contribution in [-0.2, 0) is 24.0 Å². The molecule has 0 aromatic carbocycles. The van der Waals surface area contributed by atoms with Crippen LogP contribution < -0.4 is 33.2 Å². The molecular weight excluding hydrogens is 596 g/mol. The lowest BCUT2D eigenvalue weighted by Crippen LogP contribution is -2.44. The predicted octanol–water partition coefficient (Wildman–Crippen LogP) is 4.82. The monoisotopic (exact) mass is 667 g/mol. The third kappa shape index (κ3) is 28.2. The van der Waals surface area contributed by atoms with Crippen LogP contribution in [0.4, 0.5) is 0 Å². The number of Topliss-reactive ketones (excluding diaryl/α,β-unsaturated/α-hetero) is 1. The molecule has 47 heavy (non-hydrogen) atoms. The molecule has 0 radical (unpaired) electrons. The Morgan fingerprint density at radius 2 is 0.915 bits per heavy atom. The smallest absolute Gasteiger partial charge is 0.239 e. The normalized spacial score (nSPS) is 12.3. The van der Waals surface area contributed by atoms with Gasteiger partial charge in [0.1, 0.15) is 6.04 Å². The number of unbranched alkanes of at least 4 members (excludes halogenated alkanes) is 14. The van der Waals surface area contributed by atoms with Crippen LogP contribution in [0.1, 0.15) is 167 Å². The van der Waals surface area contributed by atoms with Gasteiger partial charge in [-0.3, -0.25) is 24.0 Å². The molecule has 0 rings (SSSR count). The Hall–Kier alpha value is -2.53. The quantitative estimate of drug-likeness (QED) is 0.0529. The number of rotatable bonds is 34. The second-order valence-electron chi connectivity index (χ2n) is 13.0. The van der Waals surface area contributed by atoms with E-state index in [1.165, 1.54) is 38.5 Å². The summed E-state index contributed by atoms with van der Waals surface area (Å²) in [5.74, 6) is -0.709. The number of carbonyl (C=O) groups is 5. The Morgan fingerprint density at radius 1 is 0.489 bits per heavy atom. The molecular formula is C36H70N6O5. The molecule has 0 aliphatic heterocycles. The molecule has 0 aliphatic carbocycles. The van der Waals surface area contributed by atoms with Crippen LogP contribution >= 0.6 is 0 Å². The minimum atomic E-state index is -0.658. The molecule has 2 atom stereocenters. The fraction of sp³-hybridized carbons (Fsp3) is 0.861. The Morgan fingerprint density at radius 3 is 1.45 bits per heavy atom. The summed E-state index contributed by atoms with van der Waals surface area (Å²) in [5.41, 5.74) is 16.5. The second kappa shape index (κ2) is 32.0. The van der Waals surface area contributed by atoms with Gasteiger partial charge in [0, 0.05) is 32.2 Å². The third-order valence-corrected chi connectivity index (χ3v) is 8.53. The molecule has 0 aromatic heterocycles. The second-order valence-corrected chi connectivity index (χ2v) is 13.0. The summed E-state index contributed by atoms with van der Waals surface area (Å²) in [6.07, 6.45) is 21.0. The van der Waals surface area contributed by atoms with Gasteiger partial charge in [0.25, 0.3) is 0 Å². The standard InChI is InChI=1S/C36H70N6O5/c1-2-3-4-5-6-7-8-9-13-25-34(45)41-30(21-16-18-27-37)32(43)23-12-10-14-24-33(44)40-29-20-11-15-26-35(46)42-31(36(39)47)22-17-19-28-38/h30-31H,2-29,37-38H2,1H3,(H2,39,47)(H,40,44)(H,41,45)(H,42,46). The SMILES string of the molecule is CCCCCCCCCCCC(=O)NC(CCCCN)C(=O)CCCCCC(=O)NCCCCCC(=O)NC(CCCCN)C(N)=O. The number of carbonyl (C=O) groups excluding carboxylic acids is 5. The van der Waals surface area contributed by atoms with Crippen LogP contribution in [-0.4, -0.2) is 61.1 Å². The van der Waals surface area contributed by atoms with Gasteiger partial charge in [-0.1, -0.05) is 71.1 Å². The summed E-state index contributed by atoms with van der Waals surface area (Å²) < 4.78 is 0. The van der Waals surface area contributed by atoms with E-state index in [1.807, 2.05) is 0 Å². The predicted molar refractivity (Wildman–Crippen MR) is 190 cm³/mol. The molecule has 0 bridgehead atoms. The van der Waals surface area contributed by atoms with Crippen molar-refractivity contribution in [3.05, 3.63) is 0 Å². The van der Waals surface area contributed by atoms with Crippen LogP contribution in [0.3, 0.4) is 0 Å². The number of hydrogen-bond acceptors (Lipinski definition) is 7. The van der Waals surface area contributed by atoms with E-state index >= 15 is 0 Å². The van der Waals surface area contributed by atoms with Gasteiger partial charge in [-0.15, -0.1) is 0 Å².